The van der Waals surface area contributed by atoms with Crippen molar-refractivity contribution >= 4 is 76.3 Å². The molecule has 14 aromatic rings. The Kier molecular flexibility index (Phi) is 25.9. The van der Waals surface area contributed by atoms with E-state index in [2.05, 4.69) is 393 Å². The molecule has 586 valence electrons. The van der Waals surface area contributed by atoms with E-state index in [1.165, 1.54) is 141 Å². The Morgan fingerprint density at radius 1 is 0.342 bits per heavy atom. The molecule has 0 aliphatic heterocycles. The Balaban J connectivity index is 0.000000149. The predicted octanol–water partition coefficient (Wildman–Crippen LogP) is 29.1. The molecular weight excluding hydrogens is 1350 g/mol. The summed E-state index contributed by atoms with van der Waals surface area (Å²) in [5, 5.41) is 26.6. The number of nitrogens with one attached hydrogen (secondary N) is 7. The van der Waals surface area contributed by atoms with E-state index in [0.717, 1.165) is 39.7 Å². The highest BCUT2D eigenvalue weighted by atomic mass is 14.7. The summed E-state index contributed by atoms with van der Waals surface area (Å²) in [4.78, 5) is 23.3. The number of aromatic amines is 7. The molecule has 7 heterocycles. The Bertz CT molecular complexity index is 5530. The number of rotatable bonds is 4. The molecule has 0 amide bonds. The van der Waals surface area contributed by atoms with Gasteiger partial charge in [-0.2, -0.15) is 10.5 Å². The minimum absolute atomic E-state index is 0.145. The number of aryl methyl sites for hydroxylation is 2. The number of aromatic nitrogens is 7. The van der Waals surface area contributed by atoms with E-state index in [1.54, 1.807) is 11.8 Å². The van der Waals surface area contributed by atoms with Gasteiger partial charge in [-0.1, -0.05) is 285 Å². The van der Waals surface area contributed by atoms with Crippen molar-refractivity contribution in [1.82, 2.24) is 34.9 Å². The lowest BCUT2D eigenvalue weighted by molar-refractivity contribution is 0.590. The number of H-pyrrole nitrogens is 7. The van der Waals surface area contributed by atoms with Crippen molar-refractivity contribution in [3.8, 4) is 12.1 Å². The van der Waals surface area contributed by atoms with Crippen LogP contribution in [-0.2, 0) is 56.2 Å². The normalized spacial score (nSPS) is 13.2. The van der Waals surface area contributed by atoms with Crippen LogP contribution in [0.15, 0.2) is 171 Å². The highest BCUT2D eigenvalue weighted by Crippen LogP contribution is 2.40. The first-order valence-corrected chi connectivity index (χ1v) is 40.7. The fourth-order valence-electron chi connectivity index (χ4n) is 14.7. The highest BCUT2D eigenvalue weighted by Gasteiger charge is 2.25. The molecule has 7 aromatic heterocycles. The quantitative estimate of drug-likeness (QED) is 0.0936. The molecule has 1 fully saturated rings. The van der Waals surface area contributed by atoms with Gasteiger partial charge in [0.2, 0.25) is 0 Å². The van der Waals surface area contributed by atoms with E-state index in [-0.39, 0.29) is 43.3 Å². The maximum atomic E-state index is 8.88. The zero-order chi connectivity index (χ0) is 81.7. The van der Waals surface area contributed by atoms with Crippen LogP contribution in [0, 0.1) is 29.6 Å². The molecule has 7 N–H and O–H groups in total. The molecule has 0 unspecified atom stereocenters. The van der Waals surface area contributed by atoms with Crippen molar-refractivity contribution in [2.75, 3.05) is 0 Å². The maximum Gasteiger partial charge on any atom is 0.101 e. The van der Waals surface area contributed by atoms with Gasteiger partial charge in [0.1, 0.15) is 6.07 Å². The first kappa shape index (κ1) is 85.3. The summed E-state index contributed by atoms with van der Waals surface area (Å²) in [5.41, 5.74) is 28.5. The second-order valence-corrected chi connectivity index (χ2v) is 39.8. The number of benzene rings is 7. The van der Waals surface area contributed by atoms with Gasteiger partial charge < -0.3 is 34.9 Å². The fourth-order valence-corrected chi connectivity index (χ4v) is 14.7. The van der Waals surface area contributed by atoms with Crippen molar-refractivity contribution < 1.29 is 0 Å². The lowest BCUT2D eigenvalue weighted by Gasteiger charge is -2.20. The Morgan fingerprint density at radius 2 is 0.658 bits per heavy atom. The SMILES string of the molecule is CC(C)(C)c1ccc2c(C#N)c[nH]c2c1.CC(C)(C)c1ccc2c(C(C)(C)C)c[nH]c2c1.CC(C)(C)c1ccc2c(C3CCCC3)c[nH]c2c1.CC(C)(C)c1ccc2c(CC#N)c[nH]c2c1.CC(C)c1c[nH]c2cc(C(C)(C)C)ccc12.CCc1c[nH]c2cc(C(C)(C)C)ccc12.Cc1c[nH]c2cc(C(C)(C)C)ccc12. The van der Waals surface area contributed by atoms with Crippen LogP contribution in [0.25, 0.3) is 76.3 Å². The molecule has 111 heavy (non-hydrogen) atoms. The van der Waals surface area contributed by atoms with Crippen LogP contribution in [0.2, 0.25) is 0 Å². The number of nitriles is 2. The van der Waals surface area contributed by atoms with Crippen LogP contribution >= 0.6 is 0 Å². The van der Waals surface area contributed by atoms with E-state index in [9.17, 15) is 0 Å². The van der Waals surface area contributed by atoms with Gasteiger partial charge in [0.05, 0.1) is 18.1 Å². The van der Waals surface area contributed by atoms with Crippen molar-refractivity contribution in [3.63, 3.8) is 0 Å². The number of fused-ring (bicyclic) bond motifs is 7. The van der Waals surface area contributed by atoms with Gasteiger partial charge >= 0.3 is 0 Å². The zero-order valence-electron chi connectivity index (χ0n) is 73.0. The number of hydrogen-bond donors (Lipinski definition) is 7. The molecule has 7 aromatic carbocycles. The standard InChI is InChI=1S/C17H23N.C16H23N.C15H21N.C14H16N2.C14H19N.C13H14N2.C13H17N/c1-17(2,3)13-8-9-14-15(11-18-16(14)10-13)12-6-4-5-7-12;1-15(2,3)11-7-8-12-13(16(4,5)6)10-17-14(12)9-11;1-10(2)13-9-16-14-8-11(15(3,4)5)6-7-12(13)14;1-14(2,3)11-4-5-12-10(6-7-15)9-16-13(12)8-11;1-5-10-9-15-13-8-11(14(2,3)4)6-7-12(10)13;1-13(2,3)10-4-5-11-9(7-14)8-15-12(11)6-10;1-9-8-14-12-7-10(13(2,3)4)5-6-11(9)12/h8-12,18H,4-7H2,1-3H3;7-10,17H,1-6H3;6-10,16H,1-5H3;4-5,8-9,16H,6H2,1-3H3;6-9,15H,5H2,1-4H3;4-6,8,15H,1-3H3;5-8,14H,1-4H3. The smallest absolute Gasteiger partial charge is 0.101 e. The van der Waals surface area contributed by atoms with Crippen molar-refractivity contribution in [3.05, 3.63) is 249 Å². The summed E-state index contributed by atoms with van der Waals surface area (Å²) in [6, 6.07) is 51.0. The van der Waals surface area contributed by atoms with Gasteiger partial charge in [-0.3, -0.25) is 0 Å². The van der Waals surface area contributed by atoms with Crippen LogP contribution in [0.1, 0.15) is 302 Å². The van der Waals surface area contributed by atoms with E-state index in [1.807, 2.05) is 12.3 Å². The summed E-state index contributed by atoms with van der Waals surface area (Å²) >= 11 is 0. The predicted molar refractivity (Wildman–Crippen MR) is 481 cm³/mol. The summed E-state index contributed by atoms with van der Waals surface area (Å²) in [5.74, 6) is 1.37. The molecule has 1 saturated carbocycles. The average molecular weight is 1490 g/mol. The van der Waals surface area contributed by atoms with Crippen molar-refractivity contribution in [1.29, 1.82) is 10.5 Å². The molecule has 0 bridgehead atoms. The van der Waals surface area contributed by atoms with Gasteiger partial charge in [-0.15, -0.1) is 0 Å². The number of hydrogen-bond acceptors (Lipinski definition) is 2. The third-order valence-corrected chi connectivity index (χ3v) is 22.3. The Labute approximate surface area is 666 Å². The molecular formula is C102H133N9. The average Bonchev–Trinajstić information content (AvgIpc) is 1.62. The van der Waals surface area contributed by atoms with E-state index < -0.39 is 0 Å². The third kappa shape index (κ3) is 21.1. The molecule has 0 saturated heterocycles. The second kappa shape index (κ2) is 33.7. The topological polar surface area (TPSA) is 158 Å². The summed E-state index contributed by atoms with van der Waals surface area (Å²) in [6.45, 7) is 62.5. The van der Waals surface area contributed by atoms with Gasteiger partial charge in [-0.05, 0) is 196 Å². The molecule has 15 rings (SSSR count). The van der Waals surface area contributed by atoms with Crippen LogP contribution in [-0.4, -0.2) is 34.9 Å². The molecule has 0 atom stereocenters. The monoisotopic (exact) mass is 1480 g/mol. The lowest BCUT2D eigenvalue weighted by atomic mass is 9.84. The van der Waals surface area contributed by atoms with Gasteiger partial charge in [0, 0.05) is 120 Å². The highest BCUT2D eigenvalue weighted by molar-refractivity contribution is 5.89. The van der Waals surface area contributed by atoms with Crippen LogP contribution < -0.4 is 0 Å². The Hall–Kier alpha value is -9.70. The molecule has 9 heteroatoms. The molecule has 1 aliphatic carbocycles. The van der Waals surface area contributed by atoms with Crippen LogP contribution in [0.4, 0.5) is 0 Å². The summed E-state index contributed by atoms with van der Waals surface area (Å²) in [7, 11) is 0. The number of nitrogens with zero attached hydrogens (tertiary/aromatic N) is 2. The minimum Gasteiger partial charge on any atom is -0.361 e. The summed E-state index contributed by atoms with van der Waals surface area (Å²) < 4.78 is 0. The van der Waals surface area contributed by atoms with E-state index in [0.29, 0.717) is 17.9 Å². The second-order valence-electron chi connectivity index (χ2n) is 39.8. The van der Waals surface area contributed by atoms with Crippen LogP contribution in [0.5, 0.6) is 0 Å². The minimum atomic E-state index is 0.145. The van der Waals surface area contributed by atoms with Crippen LogP contribution in [0.3, 0.4) is 0 Å². The molecule has 9 nitrogen and oxygen atoms in total. The fraction of sp³-hybridized carbons (Fsp3) is 0.431. The van der Waals surface area contributed by atoms with Gasteiger partial charge in [0.25, 0.3) is 0 Å². The largest absolute Gasteiger partial charge is 0.361 e. The van der Waals surface area contributed by atoms with Crippen molar-refractivity contribution in [2.45, 2.75) is 288 Å². The van der Waals surface area contributed by atoms with E-state index in [4.69, 9.17) is 10.5 Å². The Morgan fingerprint density at radius 3 is 1.07 bits per heavy atom. The molecule has 0 radical (unpaired) electrons. The maximum absolute atomic E-state index is 8.88. The molecule has 1 aliphatic rings. The summed E-state index contributed by atoms with van der Waals surface area (Å²) in [6.07, 6.45) is 21.5. The van der Waals surface area contributed by atoms with E-state index >= 15 is 0 Å². The van der Waals surface area contributed by atoms with Gasteiger partial charge in [-0.25, -0.2) is 0 Å². The first-order chi connectivity index (χ1) is 51.7. The lowest BCUT2D eigenvalue weighted by Crippen LogP contribution is -2.11. The third-order valence-electron chi connectivity index (χ3n) is 22.3. The zero-order valence-corrected chi connectivity index (χ0v) is 73.0. The first-order valence-electron chi connectivity index (χ1n) is 40.7. The molecule has 0 spiro atoms. The van der Waals surface area contributed by atoms with Crippen molar-refractivity contribution in [2.24, 2.45) is 0 Å². The van der Waals surface area contributed by atoms with Gasteiger partial charge in [0.15, 0.2) is 0 Å².